The van der Waals surface area contributed by atoms with Gasteiger partial charge in [0.25, 0.3) is 0 Å². The van der Waals surface area contributed by atoms with Gasteiger partial charge in [0.05, 0.1) is 5.02 Å². The molecule has 0 amide bonds. The summed E-state index contributed by atoms with van der Waals surface area (Å²) in [7, 11) is 1.95. The van der Waals surface area contributed by atoms with Crippen molar-refractivity contribution in [3.63, 3.8) is 0 Å². The van der Waals surface area contributed by atoms with Crippen molar-refractivity contribution < 1.29 is 0 Å². The van der Waals surface area contributed by atoms with Crippen LogP contribution in [0.2, 0.25) is 5.02 Å². The number of hydrogen-bond acceptors (Lipinski definition) is 1. The minimum Gasteiger partial charge on any atom is -0.313 e. The average Bonchev–Trinajstić information content (AvgIpc) is 2.18. The number of hydrogen-bond donors (Lipinski definition) is 1. The highest BCUT2D eigenvalue weighted by atomic mass is 79.9. The number of rotatable bonds is 4. The minimum atomic E-state index is 0.302. The molecular formula is C12H15BrClN. The van der Waals surface area contributed by atoms with Crippen molar-refractivity contribution in [3.8, 4) is 0 Å². The molecule has 1 atom stereocenters. The molecule has 3 heteroatoms. The second-order valence-electron chi connectivity index (χ2n) is 3.68. The van der Waals surface area contributed by atoms with Crippen LogP contribution in [0.1, 0.15) is 24.9 Å². The van der Waals surface area contributed by atoms with Crippen LogP contribution in [-0.2, 0) is 0 Å². The zero-order valence-electron chi connectivity index (χ0n) is 8.98. The standard InChI is InChI=1S/C12H15BrClN/c1-8(2)6-12(15-3)9-4-5-11(14)10(13)7-9/h4-5,7,12,15H,1,6H2,2-3H3. The van der Waals surface area contributed by atoms with Gasteiger partial charge in [-0.3, -0.25) is 0 Å². The molecule has 0 radical (unpaired) electrons. The Morgan fingerprint density at radius 2 is 2.27 bits per heavy atom. The van der Waals surface area contributed by atoms with Crippen molar-refractivity contribution >= 4 is 27.5 Å². The molecule has 1 aromatic rings. The smallest absolute Gasteiger partial charge is 0.0548 e. The molecule has 0 aliphatic carbocycles. The van der Waals surface area contributed by atoms with E-state index >= 15 is 0 Å². The van der Waals surface area contributed by atoms with Gasteiger partial charge >= 0.3 is 0 Å². The van der Waals surface area contributed by atoms with Gasteiger partial charge in [-0.05, 0) is 54.0 Å². The third kappa shape index (κ3) is 3.63. The largest absolute Gasteiger partial charge is 0.313 e. The van der Waals surface area contributed by atoms with Gasteiger partial charge in [0.15, 0.2) is 0 Å². The first-order chi connectivity index (χ1) is 7.04. The van der Waals surface area contributed by atoms with Gasteiger partial charge in [-0.1, -0.05) is 23.2 Å². The minimum absolute atomic E-state index is 0.302. The zero-order valence-corrected chi connectivity index (χ0v) is 11.3. The van der Waals surface area contributed by atoms with Gasteiger partial charge < -0.3 is 5.32 Å². The number of halogens is 2. The van der Waals surface area contributed by atoms with Gasteiger partial charge in [0, 0.05) is 10.5 Å². The average molecular weight is 289 g/mol. The second-order valence-corrected chi connectivity index (χ2v) is 4.94. The molecule has 0 aliphatic heterocycles. The molecular weight excluding hydrogens is 273 g/mol. The highest BCUT2D eigenvalue weighted by Gasteiger charge is 2.10. The lowest BCUT2D eigenvalue weighted by atomic mass is 10.0. The number of benzene rings is 1. The van der Waals surface area contributed by atoms with Crippen molar-refractivity contribution in [3.05, 3.63) is 45.4 Å². The van der Waals surface area contributed by atoms with Crippen LogP contribution in [0.15, 0.2) is 34.8 Å². The lowest BCUT2D eigenvalue weighted by Gasteiger charge is -2.17. The summed E-state index contributed by atoms with van der Waals surface area (Å²) in [6, 6.07) is 6.30. The third-order valence-corrected chi connectivity index (χ3v) is 3.46. The Balaban J connectivity index is 2.92. The Bertz CT molecular complexity index is 363. The molecule has 0 bridgehead atoms. The van der Waals surface area contributed by atoms with E-state index in [4.69, 9.17) is 11.6 Å². The molecule has 0 aliphatic rings. The Labute approximate surface area is 105 Å². The summed E-state index contributed by atoms with van der Waals surface area (Å²) in [4.78, 5) is 0. The maximum absolute atomic E-state index is 5.95. The van der Waals surface area contributed by atoms with E-state index in [0.29, 0.717) is 6.04 Å². The van der Waals surface area contributed by atoms with Crippen LogP contribution in [-0.4, -0.2) is 7.05 Å². The van der Waals surface area contributed by atoms with Gasteiger partial charge in [0.2, 0.25) is 0 Å². The van der Waals surface area contributed by atoms with Crippen LogP contribution in [0.3, 0.4) is 0 Å². The molecule has 82 valence electrons. The van der Waals surface area contributed by atoms with Crippen molar-refractivity contribution in [1.29, 1.82) is 0 Å². The molecule has 0 spiro atoms. The molecule has 1 unspecified atom stereocenters. The molecule has 0 saturated heterocycles. The summed E-state index contributed by atoms with van der Waals surface area (Å²) in [6.45, 7) is 5.97. The molecule has 0 saturated carbocycles. The Hall–Kier alpha value is -0.310. The summed E-state index contributed by atoms with van der Waals surface area (Å²) < 4.78 is 0.934. The van der Waals surface area contributed by atoms with Crippen LogP contribution >= 0.6 is 27.5 Å². The molecule has 0 heterocycles. The fourth-order valence-corrected chi connectivity index (χ4v) is 1.98. The molecule has 1 nitrogen and oxygen atoms in total. The molecule has 0 aromatic heterocycles. The molecule has 1 N–H and O–H groups in total. The summed E-state index contributed by atoms with van der Waals surface area (Å²) >= 11 is 9.38. The van der Waals surface area contributed by atoms with E-state index in [1.54, 1.807) is 0 Å². The maximum Gasteiger partial charge on any atom is 0.0548 e. The zero-order chi connectivity index (χ0) is 11.4. The first kappa shape index (κ1) is 12.8. The van der Waals surface area contributed by atoms with E-state index in [2.05, 4.69) is 27.8 Å². The van der Waals surface area contributed by atoms with E-state index in [-0.39, 0.29) is 0 Å². The molecule has 0 fully saturated rings. The fourth-order valence-electron chi connectivity index (χ4n) is 1.46. The van der Waals surface area contributed by atoms with Crippen molar-refractivity contribution in [1.82, 2.24) is 5.32 Å². The number of nitrogens with one attached hydrogen (secondary N) is 1. The molecule has 15 heavy (non-hydrogen) atoms. The Kier molecular flexibility index (Phi) is 4.84. The monoisotopic (exact) mass is 287 g/mol. The van der Waals surface area contributed by atoms with Gasteiger partial charge in [-0.25, -0.2) is 0 Å². The van der Waals surface area contributed by atoms with Gasteiger partial charge in [-0.15, -0.1) is 6.58 Å². The second kappa shape index (κ2) is 5.69. The van der Waals surface area contributed by atoms with E-state index < -0.39 is 0 Å². The molecule has 1 rings (SSSR count). The third-order valence-electron chi connectivity index (χ3n) is 2.25. The topological polar surface area (TPSA) is 12.0 Å². The summed E-state index contributed by atoms with van der Waals surface area (Å²) in [5, 5.41) is 4.01. The van der Waals surface area contributed by atoms with Crippen LogP contribution in [0, 0.1) is 0 Å². The molecule has 1 aromatic carbocycles. The predicted molar refractivity (Wildman–Crippen MR) is 70.4 cm³/mol. The Morgan fingerprint density at radius 3 is 2.73 bits per heavy atom. The summed E-state index contributed by atoms with van der Waals surface area (Å²) in [5.74, 6) is 0. The van der Waals surface area contributed by atoms with Crippen molar-refractivity contribution in [2.75, 3.05) is 7.05 Å². The predicted octanol–water partition coefficient (Wildman–Crippen LogP) is 4.33. The summed E-state index contributed by atoms with van der Waals surface area (Å²) in [5.41, 5.74) is 2.39. The summed E-state index contributed by atoms with van der Waals surface area (Å²) in [6.07, 6.45) is 0.935. The maximum atomic E-state index is 5.95. The van der Waals surface area contributed by atoms with Crippen LogP contribution in [0.25, 0.3) is 0 Å². The van der Waals surface area contributed by atoms with E-state index in [1.807, 2.05) is 32.2 Å². The first-order valence-corrected chi connectivity index (χ1v) is 5.98. The van der Waals surface area contributed by atoms with Crippen molar-refractivity contribution in [2.45, 2.75) is 19.4 Å². The van der Waals surface area contributed by atoms with Gasteiger partial charge in [0.1, 0.15) is 0 Å². The highest BCUT2D eigenvalue weighted by molar-refractivity contribution is 9.10. The van der Waals surface area contributed by atoms with Crippen LogP contribution < -0.4 is 5.32 Å². The fraction of sp³-hybridized carbons (Fsp3) is 0.333. The lowest BCUT2D eigenvalue weighted by molar-refractivity contribution is 0.589. The lowest BCUT2D eigenvalue weighted by Crippen LogP contribution is -2.16. The SMILES string of the molecule is C=C(C)CC(NC)c1ccc(Cl)c(Br)c1. The normalized spacial score (nSPS) is 12.5. The van der Waals surface area contributed by atoms with Gasteiger partial charge in [-0.2, -0.15) is 0 Å². The van der Waals surface area contributed by atoms with E-state index in [9.17, 15) is 0 Å². The van der Waals surface area contributed by atoms with Crippen molar-refractivity contribution in [2.24, 2.45) is 0 Å². The Morgan fingerprint density at radius 1 is 1.60 bits per heavy atom. The quantitative estimate of drug-likeness (QED) is 0.813. The highest BCUT2D eigenvalue weighted by Crippen LogP contribution is 2.28. The van der Waals surface area contributed by atoms with E-state index in [1.165, 1.54) is 11.1 Å². The first-order valence-electron chi connectivity index (χ1n) is 4.81. The van der Waals surface area contributed by atoms with E-state index in [0.717, 1.165) is 15.9 Å². The van der Waals surface area contributed by atoms with Crippen LogP contribution in [0.4, 0.5) is 0 Å². The van der Waals surface area contributed by atoms with Crippen LogP contribution in [0.5, 0.6) is 0 Å².